The molecule has 0 aliphatic carbocycles. The number of carbonyl (C=O) groups is 1. The standard InChI is InChI=1S/C18H15F6NO3/c1-25(15(26)11-28-14-8-3-2-4-9-14)13-7-5-6-12(10-13)16(27,17(19,20)21)18(22,23)24/h2-10,27H,11H2,1H3. The first-order valence-corrected chi connectivity index (χ1v) is 7.78. The van der Waals surface area contributed by atoms with Crippen LogP contribution in [-0.2, 0) is 10.4 Å². The molecule has 0 fully saturated rings. The number of hydrogen-bond donors (Lipinski definition) is 1. The number of halogens is 6. The summed E-state index contributed by atoms with van der Waals surface area (Å²) in [6, 6.07) is 11.1. The second kappa shape index (κ2) is 7.70. The predicted octanol–water partition coefficient (Wildman–Crippen LogP) is 4.04. The highest BCUT2D eigenvalue weighted by Crippen LogP contribution is 2.50. The number of likely N-dealkylation sites (N-methyl/N-ethyl adjacent to an activating group) is 1. The van der Waals surface area contributed by atoms with Gasteiger partial charge in [0.15, 0.2) is 6.61 Å². The number of anilines is 1. The molecule has 28 heavy (non-hydrogen) atoms. The lowest BCUT2D eigenvalue weighted by atomic mass is 9.92. The molecule has 10 heteroatoms. The molecule has 1 N–H and O–H groups in total. The Hall–Kier alpha value is -2.75. The van der Waals surface area contributed by atoms with E-state index < -0.39 is 36.0 Å². The summed E-state index contributed by atoms with van der Waals surface area (Å²) in [5.74, 6) is -0.356. The van der Waals surface area contributed by atoms with Crippen molar-refractivity contribution in [3.63, 3.8) is 0 Å². The van der Waals surface area contributed by atoms with Gasteiger partial charge in [0.1, 0.15) is 5.75 Å². The molecule has 0 aliphatic heterocycles. The fraction of sp³-hybridized carbons (Fsp3) is 0.278. The van der Waals surface area contributed by atoms with E-state index in [1.54, 1.807) is 30.3 Å². The molecular formula is C18H15F6NO3. The van der Waals surface area contributed by atoms with Gasteiger partial charge in [0, 0.05) is 18.3 Å². The largest absolute Gasteiger partial charge is 0.484 e. The fourth-order valence-electron chi connectivity index (χ4n) is 2.33. The van der Waals surface area contributed by atoms with Gasteiger partial charge in [-0.25, -0.2) is 0 Å². The van der Waals surface area contributed by atoms with Gasteiger partial charge in [0.25, 0.3) is 11.5 Å². The third kappa shape index (κ3) is 4.22. The van der Waals surface area contributed by atoms with Gasteiger partial charge in [0.2, 0.25) is 0 Å². The lowest BCUT2D eigenvalue weighted by Crippen LogP contribution is -2.54. The minimum absolute atomic E-state index is 0.272. The van der Waals surface area contributed by atoms with E-state index in [9.17, 15) is 36.2 Å². The molecule has 0 radical (unpaired) electrons. The zero-order chi connectivity index (χ0) is 21.2. The smallest absolute Gasteiger partial charge is 0.430 e. The lowest BCUT2D eigenvalue weighted by molar-refractivity contribution is -0.376. The molecule has 0 aliphatic rings. The van der Waals surface area contributed by atoms with Gasteiger partial charge in [-0.15, -0.1) is 0 Å². The maximum Gasteiger partial charge on any atom is 0.430 e. The third-order valence-electron chi connectivity index (χ3n) is 3.95. The maximum atomic E-state index is 13.0. The average molecular weight is 407 g/mol. The Morgan fingerprint density at radius 1 is 0.964 bits per heavy atom. The van der Waals surface area contributed by atoms with E-state index in [4.69, 9.17) is 4.74 Å². The summed E-state index contributed by atoms with van der Waals surface area (Å²) >= 11 is 0. The van der Waals surface area contributed by atoms with Crippen LogP contribution < -0.4 is 9.64 Å². The van der Waals surface area contributed by atoms with E-state index in [1.165, 1.54) is 0 Å². The molecule has 2 aromatic rings. The van der Waals surface area contributed by atoms with Crippen molar-refractivity contribution in [3.8, 4) is 5.75 Å². The van der Waals surface area contributed by atoms with Gasteiger partial charge >= 0.3 is 12.4 Å². The van der Waals surface area contributed by atoms with Crippen molar-refractivity contribution in [2.24, 2.45) is 0 Å². The number of alkyl halides is 6. The molecule has 0 heterocycles. The van der Waals surface area contributed by atoms with Crippen molar-refractivity contribution in [2.45, 2.75) is 18.0 Å². The molecule has 152 valence electrons. The minimum Gasteiger partial charge on any atom is -0.484 e. The van der Waals surface area contributed by atoms with E-state index in [0.29, 0.717) is 17.9 Å². The number of carbonyl (C=O) groups excluding carboxylic acids is 1. The average Bonchev–Trinajstić information content (AvgIpc) is 2.64. The Kier molecular flexibility index (Phi) is 5.93. The third-order valence-corrected chi connectivity index (χ3v) is 3.95. The summed E-state index contributed by atoms with van der Waals surface area (Å²) in [7, 11) is 1.16. The van der Waals surface area contributed by atoms with Crippen LogP contribution in [0, 0.1) is 0 Å². The highest BCUT2D eigenvalue weighted by atomic mass is 19.4. The van der Waals surface area contributed by atoms with Crippen LogP contribution in [0.2, 0.25) is 0 Å². The molecule has 0 atom stereocenters. The first kappa shape index (κ1) is 21.5. The Bertz CT molecular complexity index is 806. The number of nitrogens with zero attached hydrogens (tertiary/aromatic N) is 1. The van der Waals surface area contributed by atoms with Gasteiger partial charge in [-0.05, 0) is 24.3 Å². The molecule has 0 unspecified atom stereocenters. The van der Waals surface area contributed by atoms with Crippen LogP contribution in [-0.4, -0.2) is 37.0 Å². The highest BCUT2D eigenvalue weighted by Gasteiger charge is 2.71. The molecule has 0 saturated heterocycles. The fourth-order valence-corrected chi connectivity index (χ4v) is 2.33. The van der Waals surface area contributed by atoms with Crippen LogP contribution in [0.1, 0.15) is 5.56 Å². The molecule has 0 aromatic heterocycles. The van der Waals surface area contributed by atoms with Crippen molar-refractivity contribution in [1.29, 1.82) is 0 Å². The van der Waals surface area contributed by atoms with Gasteiger partial charge in [-0.2, -0.15) is 26.3 Å². The normalized spacial score (nSPS) is 12.6. The summed E-state index contributed by atoms with van der Waals surface area (Å²) in [4.78, 5) is 13.0. The molecule has 2 rings (SSSR count). The maximum absolute atomic E-state index is 13.0. The Balaban J connectivity index is 2.27. The lowest BCUT2D eigenvalue weighted by Gasteiger charge is -2.33. The van der Waals surface area contributed by atoms with Crippen molar-refractivity contribution in [3.05, 3.63) is 60.2 Å². The second-order valence-corrected chi connectivity index (χ2v) is 5.81. The molecule has 2 aromatic carbocycles. The second-order valence-electron chi connectivity index (χ2n) is 5.81. The molecule has 4 nitrogen and oxygen atoms in total. The van der Waals surface area contributed by atoms with Crippen molar-refractivity contribution >= 4 is 11.6 Å². The van der Waals surface area contributed by atoms with E-state index in [2.05, 4.69) is 0 Å². The molecular weight excluding hydrogens is 392 g/mol. The summed E-state index contributed by atoms with van der Waals surface area (Å²) in [5.41, 5.74) is -6.79. The number of aliphatic hydroxyl groups is 1. The first-order chi connectivity index (χ1) is 12.9. The summed E-state index contributed by atoms with van der Waals surface area (Å²) in [5, 5.41) is 9.47. The van der Waals surface area contributed by atoms with Crippen molar-refractivity contribution in [2.75, 3.05) is 18.6 Å². The Morgan fingerprint density at radius 2 is 1.54 bits per heavy atom. The number of benzene rings is 2. The monoisotopic (exact) mass is 407 g/mol. The van der Waals surface area contributed by atoms with E-state index in [-0.39, 0.29) is 5.69 Å². The van der Waals surface area contributed by atoms with Crippen molar-refractivity contribution < 1.29 is 41.0 Å². The number of rotatable bonds is 5. The van der Waals surface area contributed by atoms with Gasteiger partial charge < -0.3 is 14.7 Å². The van der Waals surface area contributed by atoms with E-state index in [1.807, 2.05) is 0 Å². The summed E-state index contributed by atoms with van der Waals surface area (Å²) < 4.78 is 83.3. The van der Waals surface area contributed by atoms with Gasteiger partial charge in [-0.3, -0.25) is 4.79 Å². The number of amides is 1. The van der Waals surface area contributed by atoms with Crippen LogP contribution in [0.15, 0.2) is 54.6 Å². The quantitative estimate of drug-likeness (QED) is 0.762. The molecule has 0 bridgehead atoms. The van der Waals surface area contributed by atoms with Crippen molar-refractivity contribution in [1.82, 2.24) is 0 Å². The van der Waals surface area contributed by atoms with Crippen LogP contribution in [0.4, 0.5) is 32.0 Å². The van der Waals surface area contributed by atoms with E-state index >= 15 is 0 Å². The van der Waals surface area contributed by atoms with Crippen LogP contribution >= 0.6 is 0 Å². The minimum atomic E-state index is -6.01. The summed E-state index contributed by atoms with van der Waals surface area (Å²) in [6.45, 7) is -0.493. The number of ether oxygens (including phenoxy) is 1. The number of hydrogen-bond acceptors (Lipinski definition) is 3. The van der Waals surface area contributed by atoms with Crippen LogP contribution in [0.5, 0.6) is 5.75 Å². The number of para-hydroxylation sites is 1. The van der Waals surface area contributed by atoms with Gasteiger partial charge in [0.05, 0.1) is 0 Å². The molecule has 0 saturated carbocycles. The summed E-state index contributed by atoms with van der Waals surface area (Å²) in [6.07, 6.45) is -12.0. The molecule has 0 spiro atoms. The zero-order valence-electron chi connectivity index (χ0n) is 14.4. The van der Waals surface area contributed by atoms with Gasteiger partial charge in [-0.1, -0.05) is 30.3 Å². The predicted molar refractivity (Wildman–Crippen MR) is 87.8 cm³/mol. The van der Waals surface area contributed by atoms with Crippen LogP contribution in [0.25, 0.3) is 0 Å². The zero-order valence-corrected chi connectivity index (χ0v) is 14.4. The van der Waals surface area contributed by atoms with E-state index in [0.717, 1.165) is 24.1 Å². The first-order valence-electron chi connectivity index (χ1n) is 7.78. The Labute approximate surface area is 156 Å². The highest BCUT2D eigenvalue weighted by molar-refractivity contribution is 5.94. The Morgan fingerprint density at radius 3 is 2.07 bits per heavy atom. The SMILES string of the molecule is CN(C(=O)COc1ccccc1)c1cccc(C(O)(C(F)(F)F)C(F)(F)F)c1. The van der Waals surface area contributed by atoms with Crippen LogP contribution in [0.3, 0.4) is 0 Å². The topological polar surface area (TPSA) is 49.8 Å². The molecule has 1 amide bonds.